The average Bonchev–Trinajstić information content (AvgIpc) is 2.48. The topological polar surface area (TPSA) is 73.2 Å². The molecule has 1 aliphatic heterocycles. The summed E-state index contributed by atoms with van der Waals surface area (Å²) in [4.78, 5) is 0. The van der Waals surface area contributed by atoms with E-state index < -0.39 is 5.97 Å². The predicted molar refractivity (Wildman–Crippen MR) is 39.7 cm³/mol. The molecule has 0 bridgehead atoms. The van der Waals surface area contributed by atoms with Crippen LogP contribution in [0.1, 0.15) is 26.7 Å². The highest BCUT2D eigenvalue weighted by Gasteiger charge is 2.14. The van der Waals surface area contributed by atoms with Gasteiger partial charge in [0.1, 0.15) is 0 Å². The summed E-state index contributed by atoms with van der Waals surface area (Å²) in [7, 11) is 0. The zero-order valence-corrected chi connectivity index (χ0v) is 6.95. The van der Waals surface area contributed by atoms with Crippen molar-refractivity contribution < 1.29 is 20.1 Å². The first-order valence-electron chi connectivity index (χ1n) is 3.74. The van der Waals surface area contributed by atoms with Crippen molar-refractivity contribution in [2.45, 2.75) is 38.8 Å². The Morgan fingerprint density at radius 1 is 1.45 bits per heavy atom. The van der Waals surface area contributed by atoms with Crippen LogP contribution in [-0.4, -0.2) is 34.0 Å². The highest BCUT2D eigenvalue weighted by Crippen LogP contribution is 2.04. The van der Waals surface area contributed by atoms with Crippen LogP contribution in [0.3, 0.4) is 0 Å². The minimum absolute atomic E-state index is 0.00694. The van der Waals surface area contributed by atoms with Crippen LogP contribution in [0.5, 0.6) is 0 Å². The van der Waals surface area contributed by atoms with Gasteiger partial charge in [0.15, 0.2) is 0 Å². The van der Waals surface area contributed by atoms with Gasteiger partial charge >= 0.3 is 0 Å². The van der Waals surface area contributed by atoms with Crippen LogP contribution in [0, 0.1) is 0 Å². The van der Waals surface area contributed by atoms with Crippen LogP contribution >= 0.6 is 0 Å². The van der Waals surface area contributed by atoms with Crippen molar-refractivity contribution in [2.75, 3.05) is 6.61 Å². The minimum atomic E-state index is -2.45. The third kappa shape index (κ3) is 12.9. The molecule has 1 rings (SSSR count). The summed E-state index contributed by atoms with van der Waals surface area (Å²) < 4.78 is 4.71. The van der Waals surface area contributed by atoms with Crippen molar-refractivity contribution in [3.63, 3.8) is 0 Å². The van der Waals surface area contributed by atoms with E-state index in [9.17, 15) is 0 Å². The Balaban J connectivity index is 0.000000207. The summed E-state index contributed by atoms with van der Waals surface area (Å²) in [6, 6.07) is 0. The van der Waals surface area contributed by atoms with Crippen molar-refractivity contribution in [3.05, 3.63) is 0 Å². The number of rotatable bonds is 2. The van der Waals surface area contributed by atoms with Crippen molar-refractivity contribution in [3.8, 4) is 0 Å². The van der Waals surface area contributed by atoms with Crippen LogP contribution in [0.25, 0.3) is 0 Å². The van der Waals surface area contributed by atoms with E-state index in [-0.39, 0.29) is 6.42 Å². The van der Waals surface area contributed by atoms with Crippen molar-refractivity contribution in [1.29, 1.82) is 0 Å². The molecule has 1 atom stereocenters. The smallest absolute Gasteiger partial charge is 0.275 e. The van der Waals surface area contributed by atoms with Crippen molar-refractivity contribution in [1.82, 2.24) is 0 Å². The number of aliphatic hydroxyl groups is 3. The molecule has 4 nitrogen and oxygen atoms in total. The van der Waals surface area contributed by atoms with Gasteiger partial charge in [-0.3, -0.25) is 0 Å². The number of ether oxygens (including phenoxy) is 1. The predicted octanol–water partition coefficient (Wildman–Crippen LogP) is -0.178. The molecule has 1 saturated heterocycles. The Morgan fingerprint density at radius 3 is 1.82 bits per heavy atom. The molecule has 3 N–H and O–H groups in total. The molecule has 1 aliphatic rings. The summed E-state index contributed by atoms with van der Waals surface area (Å²) >= 11 is 0. The lowest BCUT2D eigenvalue weighted by molar-refractivity contribution is -0.314. The standard InChI is InChI=1S/C4H10O3.C3H6O/c1-2-3-4(5,6)7;1-3-2-4-3/h5-7H,2-3H2,1H3;3H,2H2,1H3. The van der Waals surface area contributed by atoms with E-state index in [1.165, 1.54) is 0 Å². The largest absolute Gasteiger partial charge is 0.373 e. The lowest BCUT2D eigenvalue weighted by atomic mass is 10.3. The van der Waals surface area contributed by atoms with Crippen LogP contribution in [0.4, 0.5) is 0 Å². The maximum Gasteiger partial charge on any atom is 0.275 e. The van der Waals surface area contributed by atoms with Gasteiger partial charge in [-0.15, -0.1) is 0 Å². The molecule has 0 aromatic carbocycles. The van der Waals surface area contributed by atoms with Gasteiger partial charge in [0.25, 0.3) is 5.97 Å². The zero-order valence-electron chi connectivity index (χ0n) is 6.95. The van der Waals surface area contributed by atoms with Crippen molar-refractivity contribution in [2.24, 2.45) is 0 Å². The SMILES string of the molecule is CC1CO1.CCCC(O)(O)O. The van der Waals surface area contributed by atoms with E-state index >= 15 is 0 Å². The third-order valence-corrected chi connectivity index (χ3v) is 1.09. The fourth-order valence-corrected chi connectivity index (χ4v) is 0.432. The maximum atomic E-state index is 8.13. The Labute approximate surface area is 66.4 Å². The van der Waals surface area contributed by atoms with E-state index in [1.807, 2.05) is 0 Å². The second-order valence-corrected chi connectivity index (χ2v) is 2.67. The van der Waals surface area contributed by atoms with E-state index in [4.69, 9.17) is 20.1 Å². The molecule has 11 heavy (non-hydrogen) atoms. The van der Waals surface area contributed by atoms with Crippen LogP contribution in [-0.2, 0) is 4.74 Å². The van der Waals surface area contributed by atoms with Crippen LogP contribution < -0.4 is 0 Å². The molecule has 0 radical (unpaired) electrons. The second-order valence-electron chi connectivity index (χ2n) is 2.67. The second kappa shape index (κ2) is 4.66. The van der Waals surface area contributed by atoms with Gasteiger partial charge in [0.05, 0.1) is 12.7 Å². The molecule has 1 fully saturated rings. The first-order chi connectivity index (χ1) is 4.95. The van der Waals surface area contributed by atoms with E-state index in [0.29, 0.717) is 12.5 Å². The number of hydrogen-bond donors (Lipinski definition) is 3. The molecular weight excluding hydrogens is 148 g/mol. The third-order valence-electron chi connectivity index (χ3n) is 1.09. The van der Waals surface area contributed by atoms with Gasteiger partial charge in [-0.25, -0.2) is 0 Å². The molecule has 0 aliphatic carbocycles. The molecule has 4 heteroatoms. The van der Waals surface area contributed by atoms with Gasteiger partial charge in [0.2, 0.25) is 0 Å². The highest BCUT2D eigenvalue weighted by atomic mass is 16.7. The van der Waals surface area contributed by atoms with Gasteiger partial charge in [-0.1, -0.05) is 6.92 Å². The molecule has 0 aromatic rings. The monoisotopic (exact) mass is 164 g/mol. The number of epoxide rings is 1. The average molecular weight is 164 g/mol. The fraction of sp³-hybridized carbons (Fsp3) is 1.00. The van der Waals surface area contributed by atoms with Gasteiger partial charge < -0.3 is 20.1 Å². The number of hydrogen-bond acceptors (Lipinski definition) is 4. The molecule has 0 spiro atoms. The van der Waals surface area contributed by atoms with Crippen molar-refractivity contribution >= 4 is 0 Å². The summed E-state index contributed by atoms with van der Waals surface area (Å²) in [5.74, 6) is -2.45. The summed E-state index contributed by atoms with van der Waals surface area (Å²) in [6.07, 6.45) is 1.15. The minimum Gasteiger partial charge on any atom is -0.373 e. The summed E-state index contributed by atoms with van der Waals surface area (Å²) in [6.45, 7) is 4.79. The molecule has 68 valence electrons. The van der Waals surface area contributed by atoms with Gasteiger partial charge in [-0.2, -0.15) is 0 Å². The fourth-order valence-electron chi connectivity index (χ4n) is 0.432. The highest BCUT2D eigenvalue weighted by molar-refractivity contribution is 4.58. The first-order valence-corrected chi connectivity index (χ1v) is 3.74. The normalized spacial score (nSPS) is 22.1. The van der Waals surface area contributed by atoms with E-state index in [1.54, 1.807) is 6.92 Å². The van der Waals surface area contributed by atoms with Gasteiger partial charge in [-0.05, 0) is 13.3 Å². The Morgan fingerprint density at radius 2 is 1.82 bits per heavy atom. The quantitative estimate of drug-likeness (QED) is 0.391. The van der Waals surface area contributed by atoms with Crippen LogP contribution in [0.2, 0.25) is 0 Å². The molecular formula is C7H16O4. The Hall–Kier alpha value is -0.160. The molecule has 1 unspecified atom stereocenters. The summed E-state index contributed by atoms with van der Waals surface area (Å²) in [5.41, 5.74) is 0. The van der Waals surface area contributed by atoms with Gasteiger partial charge in [0, 0.05) is 6.42 Å². The molecule has 1 heterocycles. The van der Waals surface area contributed by atoms with E-state index in [2.05, 4.69) is 6.92 Å². The lowest BCUT2D eigenvalue weighted by Crippen LogP contribution is -2.26. The Bertz CT molecular complexity index is 93.1. The Kier molecular flexibility index (Phi) is 4.60. The van der Waals surface area contributed by atoms with Crippen LogP contribution in [0.15, 0.2) is 0 Å². The lowest BCUT2D eigenvalue weighted by Gasteiger charge is -2.10. The maximum absolute atomic E-state index is 8.13. The molecule has 0 amide bonds. The molecule has 0 aromatic heterocycles. The summed E-state index contributed by atoms with van der Waals surface area (Å²) in [5, 5.41) is 24.4. The zero-order chi connectivity index (χ0) is 8.91. The molecule has 0 saturated carbocycles. The first kappa shape index (κ1) is 10.8. The van der Waals surface area contributed by atoms with E-state index in [0.717, 1.165) is 6.61 Å².